The topological polar surface area (TPSA) is 93.3 Å². The van der Waals surface area contributed by atoms with Gasteiger partial charge in [0.05, 0.1) is 23.1 Å². The van der Waals surface area contributed by atoms with Crippen LogP contribution in [0.5, 0.6) is 0 Å². The number of fused-ring (bicyclic) bond motifs is 1. The second-order valence-corrected chi connectivity index (χ2v) is 6.91. The van der Waals surface area contributed by atoms with Crippen molar-refractivity contribution in [3.63, 3.8) is 0 Å². The number of aromatic nitrogens is 2. The van der Waals surface area contributed by atoms with Crippen molar-refractivity contribution in [1.82, 2.24) is 14.6 Å². The molecule has 0 radical (unpaired) electrons. The van der Waals surface area contributed by atoms with Gasteiger partial charge in [0.15, 0.2) is 0 Å². The average molecular weight is 413 g/mol. The zero-order valence-corrected chi connectivity index (χ0v) is 16.4. The molecular formula is C24H19N3O4. The molecule has 0 unspecified atom stereocenters. The summed E-state index contributed by atoms with van der Waals surface area (Å²) in [5.41, 5.74) is 3.46. The molecule has 0 atom stereocenters. The van der Waals surface area contributed by atoms with E-state index in [4.69, 9.17) is 5.21 Å². The lowest BCUT2D eigenvalue weighted by molar-refractivity contribution is -0.124. The lowest BCUT2D eigenvalue weighted by atomic mass is 10.1. The van der Waals surface area contributed by atoms with E-state index in [-0.39, 0.29) is 12.1 Å². The Hall–Kier alpha value is -4.23. The minimum Gasteiger partial charge on any atom is -0.288 e. The van der Waals surface area contributed by atoms with Crippen LogP contribution in [0.25, 0.3) is 22.7 Å². The number of carbonyl (C=O) groups excluding carboxylic acids is 1. The Balaban J connectivity index is 1.79. The van der Waals surface area contributed by atoms with Crippen molar-refractivity contribution in [2.75, 3.05) is 0 Å². The Morgan fingerprint density at radius 1 is 0.903 bits per heavy atom. The van der Waals surface area contributed by atoms with E-state index in [2.05, 4.69) is 0 Å². The summed E-state index contributed by atoms with van der Waals surface area (Å²) in [6.45, 7) is 0.271. The van der Waals surface area contributed by atoms with E-state index in [1.807, 2.05) is 18.2 Å². The fourth-order valence-electron chi connectivity index (χ4n) is 3.40. The van der Waals surface area contributed by atoms with Crippen molar-refractivity contribution < 1.29 is 10.0 Å². The summed E-state index contributed by atoms with van der Waals surface area (Å²) in [5.74, 6) is -0.620. The molecule has 7 nitrogen and oxygen atoms in total. The van der Waals surface area contributed by atoms with E-state index in [0.29, 0.717) is 16.6 Å². The molecule has 3 aromatic carbocycles. The van der Waals surface area contributed by atoms with Gasteiger partial charge in [-0.1, -0.05) is 54.6 Å². The van der Waals surface area contributed by atoms with E-state index >= 15 is 0 Å². The fourth-order valence-corrected chi connectivity index (χ4v) is 3.40. The van der Waals surface area contributed by atoms with Crippen LogP contribution in [0.2, 0.25) is 0 Å². The first-order valence-electron chi connectivity index (χ1n) is 9.59. The summed E-state index contributed by atoms with van der Waals surface area (Å²) in [6.07, 6.45) is 2.77. The Morgan fingerprint density at radius 3 is 2.29 bits per heavy atom. The van der Waals surface area contributed by atoms with Gasteiger partial charge in [-0.2, -0.15) is 0 Å². The SMILES string of the molecule is O=C(/C=C/c1ccc(Cn2c(=O)n(-c3ccccc3)c(=O)c3ccccc32)cc1)NO. The highest BCUT2D eigenvalue weighted by molar-refractivity contribution is 5.90. The zero-order chi connectivity index (χ0) is 21.8. The number of hydrogen-bond acceptors (Lipinski definition) is 4. The van der Waals surface area contributed by atoms with Gasteiger partial charge in [0, 0.05) is 6.08 Å². The number of hydroxylamine groups is 1. The van der Waals surface area contributed by atoms with Crippen LogP contribution < -0.4 is 16.7 Å². The van der Waals surface area contributed by atoms with Crippen molar-refractivity contribution in [2.45, 2.75) is 6.54 Å². The summed E-state index contributed by atoms with van der Waals surface area (Å²) in [6, 6.07) is 23.2. The summed E-state index contributed by atoms with van der Waals surface area (Å²) in [5, 5.41) is 9.01. The predicted molar refractivity (Wildman–Crippen MR) is 118 cm³/mol. The molecule has 1 heterocycles. The van der Waals surface area contributed by atoms with Crippen molar-refractivity contribution in [3.8, 4) is 5.69 Å². The highest BCUT2D eigenvalue weighted by atomic mass is 16.5. The highest BCUT2D eigenvalue weighted by Crippen LogP contribution is 2.13. The molecule has 0 saturated heterocycles. The molecular weight excluding hydrogens is 394 g/mol. The Labute approximate surface area is 177 Å². The van der Waals surface area contributed by atoms with Gasteiger partial charge in [-0.25, -0.2) is 14.8 Å². The van der Waals surface area contributed by atoms with Crippen LogP contribution in [0.4, 0.5) is 0 Å². The number of hydrogen-bond donors (Lipinski definition) is 2. The van der Waals surface area contributed by atoms with E-state index in [1.54, 1.807) is 71.3 Å². The van der Waals surface area contributed by atoms with Gasteiger partial charge in [0.25, 0.3) is 11.5 Å². The van der Waals surface area contributed by atoms with Crippen molar-refractivity contribution >= 4 is 22.9 Å². The van der Waals surface area contributed by atoms with Crippen LogP contribution in [0, 0.1) is 0 Å². The number of rotatable bonds is 5. The molecule has 0 fully saturated rings. The van der Waals surface area contributed by atoms with Gasteiger partial charge in [0.2, 0.25) is 0 Å². The Bertz CT molecular complexity index is 1380. The van der Waals surface area contributed by atoms with Crippen LogP contribution in [-0.4, -0.2) is 20.2 Å². The monoisotopic (exact) mass is 413 g/mol. The first-order valence-corrected chi connectivity index (χ1v) is 9.59. The molecule has 154 valence electrons. The fraction of sp³-hybridized carbons (Fsp3) is 0.0417. The molecule has 0 bridgehead atoms. The molecule has 0 aliphatic heterocycles. The van der Waals surface area contributed by atoms with Crippen molar-refractivity contribution in [1.29, 1.82) is 0 Å². The molecule has 0 aliphatic rings. The third-order valence-corrected chi connectivity index (χ3v) is 4.92. The lowest BCUT2D eigenvalue weighted by Gasteiger charge is -2.14. The van der Waals surface area contributed by atoms with Crippen LogP contribution in [0.3, 0.4) is 0 Å². The summed E-state index contributed by atoms with van der Waals surface area (Å²) >= 11 is 0. The molecule has 7 heteroatoms. The number of benzene rings is 3. The highest BCUT2D eigenvalue weighted by Gasteiger charge is 2.14. The number of amides is 1. The molecule has 31 heavy (non-hydrogen) atoms. The van der Waals surface area contributed by atoms with Crippen molar-refractivity contribution in [3.05, 3.63) is 117 Å². The van der Waals surface area contributed by atoms with Gasteiger partial charge in [0.1, 0.15) is 0 Å². The maximum atomic E-state index is 13.3. The molecule has 0 saturated carbocycles. The Kier molecular flexibility index (Phi) is 5.59. The smallest absolute Gasteiger partial charge is 0.288 e. The number of para-hydroxylation sites is 2. The van der Waals surface area contributed by atoms with Crippen LogP contribution >= 0.6 is 0 Å². The van der Waals surface area contributed by atoms with E-state index in [1.165, 1.54) is 16.1 Å². The second kappa shape index (κ2) is 8.64. The molecule has 1 aromatic heterocycles. The minimum atomic E-state index is -0.620. The maximum Gasteiger partial charge on any atom is 0.336 e. The largest absolute Gasteiger partial charge is 0.336 e. The summed E-state index contributed by atoms with van der Waals surface area (Å²) < 4.78 is 2.76. The third kappa shape index (κ3) is 4.08. The zero-order valence-electron chi connectivity index (χ0n) is 16.4. The number of nitrogens with zero attached hydrogens (tertiary/aromatic N) is 2. The van der Waals surface area contributed by atoms with Gasteiger partial charge >= 0.3 is 5.69 Å². The second-order valence-electron chi connectivity index (χ2n) is 6.91. The van der Waals surface area contributed by atoms with E-state index < -0.39 is 11.6 Å². The first-order chi connectivity index (χ1) is 15.1. The third-order valence-electron chi connectivity index (χ3n) is 4.92. The normalized spacial score (nSPS) is 11.1. The summed E-state index contributed by atoms with van der Waals surface area (Å²) in [7, 11) is 0. The van der Waals surface area contributed by atoms with Gasteiger partial charge in [-0.15, -0.1) is 0 Å². The first kappa shape index (κ1) is 20.1. The van der Waals surface area contributed by atoms with Gasteiger partial charge in [-0.05, 0) is 41.5 Å². The minimum absolute atomic E-state index is 0.271. The molecule has 0 spiro atoms. The molecule has 4 rings (SSSR count). The van der Waals surface area contributed by atoms with Crippen LogP contribution in [-0.2, 0) is 11.3 Å². The summed E-state index contributed by atoms with van der Waals surface area (Å²) in [4.78, 5) is 37.5. The van der Waals surface area contributed by atoms with E-state index in [0.717, 1.165) is 11.1 Å². The number of carbonyl (C=O) groups is 1. The van der Waals surface area contributed by atoms with Crippen LogP contribution in [0.1, 0.15) is 11.1 Å². The van der Waals surface area contributed by atoms with Gasteiger partial charge in [-0.3, -0.25) is 19.4 Å². The molecule has 2 N–H and O–H groups in total. The average Bonchev–Trinajstić information content (AvgIpc) is 2.82. The van der Waals surface area contributed by atoms with Crippen LogP contribution in [0.15, 0.2) is 94.5 Å². The quantitative estimate of drug-likeness (QED) is 0.299. The lowest BCUT2D eigenvalue weighted by Crippen LogP contribution is -2.39. The Morgan fingerprint density at radius 2 is 1.58 bits per heavy atom. The van der Waals surface area contributed by atoms with Gasteiger partial charge < -0.3 is 0 Å². The molecule has 1 amide bonds. The van der Waals surface area contributed by atoms with E-state index in [9.17, 15) is 14.4 Å². The molecule has 0 aliphatic carbocycles. The maximum absolute atomic E-state index is 13.3. The predicted octanol–water partition coefficient (Wildman–Crippen LogP) is 2.72. The standard InChI is InChI=1S/C24H19N3O4/c28-22(25-31)15-14-17-10-12-18(13-11-17)16-26-21-9-5-4-8-20(21)23(29)27(24(26)30)19-6-2-1-3-7-19/h1-15,31H,16H2,(H,25,28)/b15-14+. The molecule has 4 aromatic rings. The number of nitrogens with one attached hydrogen (secondary N) is 1. The van der Waals surface area contributed by atoms with Crippen molar-refractivity contribution in [2.24, 2.45) is 0 Å².